The molecule has 3 rings (SSSR count). The third kappa shape index (κ3) is 3.92. The van der Waals surface area contributed by atoms with E-state index in [1.54, 1.807) is 0 Å². The summed E-state index contributed by atoms with van der Waals surface area (Å²) in [6.45, 7) is 4.70. The Balaban J connectivity index is 1.68. The number of fused-ring (bicyclic) bond motifs is 1. The molecule has 0 fully saturated rings. The Bertz CT molecular complexity index is 840. The van der Waals surface area contributed by atoms with Crippen LogP contribution >= 0.6 is 11.3 Å². The Morgan fingerprint density at radius 1 is 1.12 bits per heavy atom. The Hall–Kier alpha value is -2.40. The van der Waals surface area contributed by atoms with Gasteiger partial charge in [0.1, 0.15) is 5.75 Å². The van der Waals surface area contributed by atoms with Crippen LogP contribution in [0.15, 0.2) is 42.5 Å². The second kappa shape index (κ2) is 7.45. The number of carbonyl (C=O) groups is 1. The minimum absolute atomic E-state index is 0.0525. The fourth-order valence-corrected chi connectivity index (χ4v) is 3.37. The average molecular weight is 340 g/mol. The third-order valence-electron chi connectivity index (χ3n) is 3.71. The van der Waals surface area contributed by atoms with Gasteiger partial charge in [-0.2, -0.15) is 0 Å². The van der Waals surface area contributed by atoms with Crippen LogP contribution in [-0.4, -0.2) is 17.5 Å². The van der Waals surface area contributed by atoms with Crippen molar-refractivity contribution in [3.63, 3.8) is 0 Å². The van der Waals surface area contributed by atoms with E-state index in [0.29, 0.717) is 18.2 Å². The standard InChI is InChI=1S/C19H20N2O2S/c1-3-13-5-7-14(8-6-13)11-18(22)21-19-20-16-10-9-15(23-4-2)12-17(16)24-19/h5-10,12H,3-4,11H2,1-2H3,(H,20,21,22). The monoisotopic (exact) mass is 340 g/mol. The van der Waals surface area contributed by atoms with Gasteiger partial charge >= 0.3 is 0 Å². The van der Waals surface area contributed by atoms with Crippen molar-refractivity contribution in [3.05, 3.63) is 53.6 Å². The van der Waals surface area contributed by atoms with Crippen molar-refractivity contribution < 1.29 is 9.53 Å². The molecule has 1 N–H and O–H groups in total. The number of nitrogens with zero attached hydrogens (tertiary/aromatic N) is 1. The fourth-order valence-electron chi connectivity index (χ4n) is 2.46. The maximum atomic E-state index is 12.2. The number of hydrogen-bond donors (Lipinski definition) is 1. The van der Waals surface area contributed by atoms with E-state index in [-0.39, 0.29) is 5.91 Å². The Labute approximate surface area is 145 Å². The molecule has 0 unspecified atom stereocenters. The second-order valence-electron chi connectivity index (χ2n) is 5.48. The average Bonchev–Trinajstić information content (AvgIpc) is 2.97. The van der Waals surface area contributed by atoms with Crippen LogP contribution in [0.4, 0.5) is 5.13 Å². The van der Waals surface area contributed by atoms with Crippen LogP contribution in [0.25, 0.3) is 10.2 Å². The fraction of sp³-hybridized carbons (Fsp3) is 0.263. The molecule has 1 heterocycles. The number of rotatable bonds is 6. The van der Waals surface area contributed by atoms with Gasteiger partial charge in [-0.05, 0) is 42.7 Å². The largest absolute Gasteiger partial charge is 0.494 e. The Morgan fingerprint density at radius 3 is 2.58 bits per heavy atom. The molecule has 0 spiro atoms. The van der Waals surface area contributed by atoms with E-state index in [4.69, 9.17) is 4.74 Å². The van der Waals surface area contributed by atoms with Crippen LogP contribution in [0.2, 0.25) is 0 Å². The molecule has 0 bridgehead atoms. The summed E-state index contributed by atoms with van der Waals surface area (Å²) >= 11 is 1.46. The number of carbonyl (C=O) groups excluding carboxylic acids is 1. The molecule has 5 heteroatoms. The normalized spacial score (nSPS) is 10.8. The van der Waals surface area contributed by atoms with Gasteiger partial charge in [0, 0.05) is 0 Å². The highest BCUT2D eigenvalue weighted by molar-refractivity contribution is 7.22. The zero-order chi connectivity index (χ0) is 16.9. The number of aryl methyl sites for hydroxylation is 1. The first-order chi connectivity index (χ1) is 11.7. The summed E-state index contributed by atoms with van der Waals surface area (Å²) in [6.07, 6.45) is 1.35. The summed E-state index contributed by atoms with van der Waals surface area (Å²) in [6, 6.07) is 13.9. The van der Waals surface area contributed by atoms with Crippen molar-refractivity contribution in [2.75, 3.05) is 11.9 Å². The number of aromatic nitrogens is 1. The van der Waals surface area contributed by atoms with Gasteiger partial charge in [0.05, 0.1) is 23.2 Å². The topological polar surface area (TPSA) is 51.2 Å². The predicted molar refractivity (Wildman–Crippen MR) is 98.9 cm³/mol. The number of nitrogens with one attached hydrogen (secondary N) is 1. The molecule has 4 nitrogen and oxygen atoms in total. The first-order valence-corrected chi connectivity index (χ1v) is 8.90. The Morgan fingerprint density at radius 2 is 1.88 bits per heavy atom. The van der Waals surface area contributed by atoms with Crippen molar-refractivity contribution in [2.24, 2.45) is 0 Å². The van der Waals surface area contributed by atoms with Crippen molar-refractivity contribution >= 4 is 32.6 Å². The van der Waals surface area contributed by atoms with E-state index < -0.39 is 0 Å². The molecular formula is C19H20N2O2S. The highest BCUT2D eigenvalue weighted by Crippen LogP contribution is 2.29. The van der Waals surface area contributed by atoms with Crippen LogP contribution < -0.4 is 10.1 Å². The maximum Gasteiger partial charge on any atom is 0.230 e. The molecule has 24 heavy (non-hydrogen) atoms. The van der Waals surface area contributed by atoms with E-state index in [1.807, 2.05) is 37.3 Å². The van der Waals surface area contributed by atoms with Gasteiger partial charge in [-0.3, -0.25) is 4.79 Å². The summed E-state index contributed by atoms with van der Waals surface area (Å²) in [7, 11) is 0. The molecule has 0 saturated heterocycles. The Kier molecular flexibility index (Phi) is 5.11. The number of benzene rings is 2. The third-order valence-corrected chi connectivity index (χ3v) is 4.65. The number of amides is 1. The van der Waals surface area contributed by atoms with Crippen molar-refractivity contribution in [2.45, 2.75) is 26.7 Å². The zero-order valence-electron chi connectivity index (χ0n) is 13.8. The van der Waals surface area contributed by atoms with Crippen LogP contribution in [0.1, 0.15) is 25.0 Å². The molecule has 0 aliphatic rings. The number of hydrogen-bond acceptors (Lipinski definition) is 4. The highest BCUT2D eigenvalue weighted by Gasteiger charge is 2.09. The molecule has 0 saturated carbocycles. The second-order valence-corrected chi connectivity index (χ2v) is 6.51. The maximum absolute atomic E-state index is 12.2. The summed E-state index contributed by atoms with van der Waals surface area (Å²) in [4.78, 5) is 16.7. The molecule has 1 amide bonds. The van der Waals surface area contributed by atoms with Gasteiger partial charge in [-0.25, -0.2) is 4.98 Å². The molecule has 0 atom stereocenters. The van der Waals surface area contributed by atoms with Gasteiger partial charge < -0.3 is 10.1 Å². The molecule has 3 aromatic rings. The minimum atomic E-state index is -0.0525. The van der Waals surface area contributed by atoms with Crippen LogP contribution in [0.5, 0.6) is 5.75 Å². The smallest absolute Gasteiger partial charge is 0.230 e. The van der Waals surface area contributed by atoms with Crippen LogP contribution in [0.3, 0.4) is 0 Å². The quantitative estimate of drug-likeness (QED) is 0.722. The van der Waals surface area contributed by atoms with E-state index in [9.17, 15) is 4.79 Å². The summed E-state index contributed by atoms with van der Waals surface area (Å²) in [5.74, 6) is 0.769. The van der Waals surface area contributed by atoms with Gasteiger partial charge in [-0.15, -0.1) is 0 Å². The van der Waals surface area contributed by atoms with E-state index in [0.717, 1.165) is 28.0 Å². The zero-order valence-corrected chi connectivity index (χ0v) is 14.7. The molecule has 2 aromatic carbocycles. The summed E-state index contributed by atoms with van der Waals surface area (Å²) < 4.78 is 6.50. The first kappa shape index (κ1) is 16.5. The molecule has 0 aliphatic carbocycles. The van der Waals surface area contributed by atoms with Gasteiger partial charge in [0.2, 0.25) is 5.91 Å². The van der Waals surface area contributed by atoms with Crippen LogP contribution in [0, 0.1) is 0 Å². The lowest BCUT2D eigenvalue weighted by Crippen LogP contribution is -2.14. The van der Waals surface area contributed by atoms with Gasteiger partial charge in [-0.1, -0.05) is 42.5 Å². The highest BCUT2D eigenvalue weighted by atomic mass is 32.1. The van der Waals surface area contributed by atoms with Crippen molar-refractivity contribution in [1.29, 1.82) is 0 Å². The van der Waals surface area contributed by atoms with Gasteiger partial charge in [0.25, 0.3) is 0 Å². The number of anilines is 1. The lowest BCUT2D eigenvalue weighted by atomic mass is 10.1. The number of thiazole rings is 1. The van der Waals surface area contributed by atoms with E-state index in [1.165, 1.54) is 16.9 Å². The molecule has 124 valence electrons. The molecule has 0 radical (unpaired) electrons. The lowest BCUT2D eigenvalue weighted by molar-refractivity contribution is -0.115. The van der Waals surface area contributed by atoms with E-state index in [2.05, 4.69) is 29.4 Å². The first-order valence-electron chi connectivity index (χ1n) is 8.09. The predicted octanol–water partition coefficient (Wildman–Crippen LogP) is 4.44. The van der Waals surface area contributed by atoms with Crippen molar-refractivity contribution in [3.8, 4) is 5.75 Å². The lowest BCUT2D eigenvalue weighted by Gasteiger charge is -2.03. The minimum Gasteiger partial charge on any atom is -0.494 e. The van der Waals surface area contributed by atoms with Gasteiger partial charge in [0.15, 0.2) is 5.13 Å². The van der Waals surface area contributed by atoms with E-state index >= 15 is 0 Å². The number of ether oxygens (including phenoxy) is 1. The summed E-state index contributed by atoms with van der Waals surface area (Å²) in [5.41, 5.74) is 3.14. The summed E-state index contributed by atoms with van der Waals surface area (Å²) in [5, 5.41) is 3.51. The van der Waals surface area contributed by atoms with Crippen molar-refractivity contribution in [1.82, 2.24) is 4.98 Å². The molecule has 1 aromatic heterocycles. The SMILES string of the molecule is CCOc1ccc2nc(NC(=O)Cc3ccc(CC)cc3)sc2c1. The van der Waals surface area contributed by atoms with Crippen LogP contribution in [-0.2, 0) is 17.6 Å². The molecule has 0 aliphatic heterocycles. The molecular weight excluding hydrogens is 320 g/mol.